The number of pyridine rings is 1. The molecular formula is C23H24N8O3. The Morgan fingerprint density at radius 3 is 2.91 bits per heavy atom. The molecular weight excluding hydrogens is 436 g/mol. The fraction of sp³-hybridized carbons (Fsp3) is 0.304. The molecule has 174 valence electrons. The molecule has 5 rings (SSSR count). The lowest BCUT2D eigenvalue weighted by atomic mass is 9.97. The highest BCUT2D eigenvalue weighted by Gasteiger charge is 2.28. The quantitative estimate of drug-likeness (QED) is 0.460. The normalized spacial score (nSPS) is 16.2. The lowest BCUT2D eigenvalue weighted by Crippen LogP contribution is -2.43. The first-order valence-electron chi connectivity index (χ1n) is 11.0. The number of fused-ring (bicyclic) bond motifs is 1. The molecule has 1 unspecified atom stereocenters. The molecule has 0 aliphatic carbocycles. The molecule has 2 amide bonds. The zero-order valence-electron chi connectivity index (χ0n) is 18.9. The van der Waals surface area contributed by atoms with Gasteiger partial charge >= 0.3 is 0 Å². The predicted octanol–water partition coefficient (Wildman–Crippen LogP) is 1.94. The Hall–Kier alpha value is -4.28. The van der Waals surface area contributed by atoms with E-state index in [9.17, 15) is 9.59 Å². The second-order valence-electron chi connectivity index (χ2n) is 8.35. The van der Waals surface area contributed by atoms with E-state index in [1.54, 1.807) is 18.1 Å². The van der Waals surface area contributed by atoms with Crippen LogP contribution < -0.4 is 11.1 Å². The van der Waals surface area contributed by atoms with Crippen LogP contribution in [0.1, 0.15) is 29.0 Å². The molecule has 1 aliphatic rings. The number of nitrogens with one attached hydrogen (secondary N) is 1. The number of nitrogens with zero attached hydrogens (tertiary/aromatic N) is 6. The van der Waals surface area contributed by atoms with Crippen molar-refractivity contribution in [3.8, 4) is 22.8 Å². The second-order valence-corrected chi connectivity index (χ2v) is 8.35. The van der Waals surface area contributed by atoms with E-state index in [0.717, 1.165) is 30.7 Å². The van der Waals surface area contributed by atoms with Crippen LogP contribution in [-0.2, 0) is 4.79 Å². The number of carbonyl (C=O) groups excluding carboxylic acids is 2. The number of anilines is 1. The molecule has 4 aromatic rings. The van der Waals surface area contributed by atoms with Gasteiger partial charge in [0.25, 0.3) is 5.91 Å². The van der Waals surface area contributed by atoms with Crippen LogP contribution in [0, 0.1) is 12.8 Å². The summed E-state index contributed by atoms with van der Waals surface area (Å²) in [5.41, 5.74) is 9.24. The van der Waals surface area contributed by atoms with Crippen molar-refractivity contribution in [1.29, 1.82) is 0 Å². The molecule has 5 heterocycles. The standard InChI is InChI=1S/C23H24N8O3/c1-13-10-26-16-6-5-15(12-31(13)16)17-18(22-25-7-9-34-22)29-20(24)19(28-17)21(32)27-11-14-4-3-8-30(2)23(14)33/h5-7,9-10,12,14H,3-4,8,11H2,1-2H3,(H2,24,29)(H,27,32). The van der Waals surface area contributed by atoms with Crippen molar-refractivity contribution in [2.75, 3.05) is 25.9 Å². The van der Waals surface area contributed by atoms with Gasteiger partial charge in [0, 0.05) is 43.8 Å². The van der Waals surface area contributed by atoms with Crippen LogP contribution in [0.5, 0.6) is 0 Å². The molecule has 34 heavy (non-hydrogen) atoms. The maximum atomic E-state index is 13.0. The van der Waals surface area contributed by atoms with E-state index in [1.165, 1.54) is 12.5 Å². The number of nitrogens with two attached hydrogens (primary N) is 1. The summed E-state index contributed by atoms with van der Waals surface area (Å²) in [6.45, 7) is 2.88. The van der Waals surface area contributed by atoms with Gasteiger partial charge in [-0.1, -0.05) is 0 Å². The Bertz CT molecular complexity index is 1380. The molecule has 1 saturated heterocycles. The smallest absolute Gasteiger partial charge is 0.273 e. The lowest BCUT2D eigenvalue weighted by Gasteiger charge is -2.29. The molecule has 11 heteroatoms. The average molecular weight is 460 g/mol. The Balaban J connectivity index is 1.51. The third-order valence-electron chi connectivity index (χ3n) is 6.02. The number of aromatic nitrogens is 5. The summed E-state index contributed by atoms with van der Waals surface area (Å²) in [6.07, 6.45) is 8.19. The highest BCUT2D eigenvalue weighted by Crippen LogP contribution is 2.30. The van der Waals surface area contributed by atoms with Gasteiger partial charge in [0.1, 0.15) is 17.6 Å². The molecule has 1 atom stereocenters. The number of nitrogen functional groups attached to an aromatic ring is 1. The minimum Gasteiger partial charge on any atom is -0.443 e. The van der Waals surface area contributed by atoms with E-state index in [1.807, 2.05) is 29.7 Å². The first-order valence-corrected chi connectivity index (χ1v) is 11.0. The van der Waals surface area contributed by atoms with Gasteiger partial charge < -0.3 is 24.8 Å². The van der Waals surface area contributed by atoms with Crippen molar-refractivity contribution < 1.29 is 14.0 Å². The van der Waals surface area contributed by atoms with Crippen molar-refractivity contribution in [2.45, 2.75) is 19.8 Å². The number of aryl methyl sites for hydroxylation is 1. The Labute approximate surface area is 195 Å². The maximum Gasteiger partial charge on any atom is 0.273 e. The molecule has 11 nitrogen and oxygen atoms in total. The summed E-state index contributed by atoms with van der Waals surface area (Å²) in [6, 6.07) is 3.69. The molecule has 1 aliphatic heterocycles. The zero-order valence-corrected chi connectivity index (χ0v) is 18.9. The van der Waals surface area contributed by atoms with Gasteiger partial charge in [-0.2, -0.15) is 0 Å². The fourth-order valence-corrected chi connectivity index (χ4v) is 4.16. The number of rotatable bonds is 5. The van der Waals surface area contributed by atoms with Crippen LogP contribution in [0.2, 0.25) is 0 Å². The van der Waals surface area contributed by atoms with Crippen LogP contribution in [-0.4, -0.2) is 61.2 Å². The largest absolute Gasteiger partial charge is 0.443 e. The third-order valence-corrected chi connectivity index (χ3v) is 6.02. The highest BCUT2D eigenvalue weighted by molar-refractivity contribution is 5.98. The molecule has 3 N–H and O–H groups in total. The van der Waals surface area contributed by atoms with E-state index in [4.69, 9.17) is 10.2 Å². The maximum absolute atomic E-state index is 13.0. The number of hydrogen-bond donors (Lipinski definition) is 2. The minimum absolute atomic E-state index is 0.0227. The van der Waals surface area contributed by atoms with Crippen LogP contribution in [0.25, 0.3) is 28.5 Å². The summed E-state index contributed by atoms with van der Waals surface area (Å²) >= 11 is 0. The van der Waals surface area contributed by atoms with Crippen LogP contribution in [0.15, 0.2) is 41.4 Å². The van der Waals surface area contributed by atoms with Crippen LogP contribution >= 0.6 is 0 Å². The van der Waals surface area contributed by atoms with Gasteiger partial charge in [0.2, 0.25) is 11.8 Å². The SMILES string of the molecule is Cc1cnc2ccc(-c3nc(C(=O)NCC4CCCN(C)C4=O)c(N)nc3-c3ncco3)cn12. The summed E-state index contributed by atoms with van der Waals surface area (Å²) in [5.74, 6) is -0.559. The predicted molar refractivity (Wildman–Crippen MR) is 124 cm³/mol. The van der Waals surface area contributed by atoms with E-state index in [-0.39, 0.29) is 35.8 Å². The Morgan fingerprint density at radius 1 is 1.26 bits per heavy atom. The first kappa shape index (κ1) is 21.6. The summed E-state index contributed by atoms with van der Waals surface area (Å²) in [5, 5.41) is 2.80. The molecule has 4 aromatic heterocycles. The summed E-state index contributed by atoms with van der Waals surface area (Å²) < 4.78 is 7.37. The van der Waals surface area contributed by atoms with Gasteiger partial charge in [-0.3, -0.25) is 9.59 Å². The van der Waals surface area contributed by atoms with Crippen LogP contribution in [0.4, 0.5) is 5.82 Å². The number of carbonyl (C=O) groups is 2. The monoisotopic (exact) mass is 460 g/mol. The Morgan fingerprint density at radius 2 is 2.12 bits per heavy atom. The van der Waals surface area contributed by atoms with E-state index in [0.29, 0.717) is 17.0 Å². The van der Waals surface area contributed by atoms with Gasteiger partial charge in [-0.25, -0.2) is 19.9 Å². The van der Waals surface area contributed by atoms with Crippen molar-refractivity contribution >= 4 is 23.3 Å². The van der Waals surface area contributed by atoms with E-state index < -0.39 is 5.91 Å². The summed E-state index contributed by atoms with van der Waals surface area (Å²) in [7, 11) is 1.77. The number of imidazole rings is 1. The van der Waals surface area contributed by atoms with Crippen molar-refractivity contribution in [3.63, 3.8) is 0 Å². The number of likely N-dealkylation sites (tertiary alicyclic amines) is 1. The molecule has 1 fully saturated rings. The van der Waals surface area contributed by atoms with Crippen molar-refractivity contribution in [1.82, 2.24) is 34.6 Å². The highest BCUT2D eigenvalue weighted by atomic mass is 16.3. The molecule has 0 bridgehead atoms. The van der Waals surface area contributed by atoms with Gasteiger partial charge in [0.15, 0.2) is 17.2 Å². The lowest BCUT2D eigenvalue weighted by molar-refractivity contribution is -0.136. The number of amides is 2. The second kappa shape index (κ2) is 8.58. The number of oxazole rings is 1. The molecule has 0 spiro atoms. The number of hydrogen-bond acceptors (Lipinski definition) is 8. The molecule has 0 saturated carbocycles. The molecule has 0 aromatic carbocycles. The van der Waals surface area contributed by atoms with Crippen molar-refractivity contribution in [3.05, 3.63) is 48.4 Å². The average Bonchev–Trinajstić information content (AvgIpc) is 3.50. The minimum atomic E-state index is -0.494. The van der Waals surface area contributed by atoms with Crippen molar-refractivity contribution in [2.24, 2.45) is 5.92 Å². The molecule has 0 radical (unpaired) electrons. The van der Waals surface area contributed by atoms with E-state index >= 15 is 0 Å². The summed E-state index contributed by atoms with van der Waals surface area (Å²) in [4.78, 5) is 44.6. The van der Waals surface area contributed by atoms with E-state index in [2.05, 4.69) is 25.3 Å². The zero-order chi connectivity index (χ0) is 23.8. The number of piperidine rings is 1. The fourth-order valence-electron chi connectivity index (χ4n) is 4.16. The van der Waals surface area contributed by atoms with Gasteiger partial charge in [-0.05, 0) is 31.9 Å². The Kier molecular flexibility index (Phi) is 5.44. The third kappa shape index (κ3) is 3.85. The van der Waals surface area contributed by atoms with Gasteiger partial charge in [0.05, 0.1) is 12.1 Å². The first-order chi connectivity index (χ1) is 16.4. The van der Waals surface area contributed by atoms with Gasteiger partial charge in [-0.15, -0.1) is 0 Å². The van der Waals surface area contributed by atoms with Crippen LogP contribution in [0.3, 0.4) is 0 Å². The topological polar surface area (TPSA) is 145 Å².